The predicted octanol–water partition coefficient (Wildman–Crippen LogP) is 3.91. The van der Waals surface area contributed by atoms with E-state index in [1.54, 1.807) is 26.9 Å². The molecule has 1 nitrogen and oxygen atoms in total. The third kappa shape index (κ3) is 1.70. The largest absolute Gasteiger partial charge is 0.264 e. The van der Waals surface area contributed by atoms with Crippen molar-refractivity contribution < 1.29 is 0 Å². The van der Waals surface area contributed by atoms with E-state index in [0.29, 0.717) is 0 Å². The van der Waals surface area contributed by atoms with Crippen molar-refractivity contribution >= 4 is 32.9 Å². The zero-order valence-electron chi connectivity index (χ0n) is 6.98. The van der Waals surface area contributed by atoms with Crippen molar-refractivity contribution in [3.63, 3.8) is 0 Å². The van der Waals surface area contributed by atoms with Crippen LogP contribution in [-0.2, 0) is 0 Å². The molecule has 0 aliphatic rings. The minimum Gasteiger partial charge on any atom is -0.264 e. The molecule has 0 aliphatic carbocycles. The van der Waals surface area contributed by atoms with Crippen LogP contribution in [0, 0.1) is 10.7 Å². The molecular weight excluding hydrogens is 218 g/mol. The van der Waals surface area contributed by atoms with Crippen molar-refractivity contribution in [1.82, 2.24) is 4.98 Å². The van der Waals surface area contributed by atoms with Crippen LogP contribution in [0.3, 0.4) is 0 Å². The van der Waals surface area contributed by atoms with E-state index >= 15 is 0 Å². The van der Waals surface area contributed by atoms with Gasteiger partial charge in [-0.25, -0.2) is 0 Å². The Kier molecular flexibility index (Phi) is 2.53. The fraction of sp³-hybridized carbons (Fsp3) is 0.111. The lowest BCUT2D eigenvalue weighted by atomic mass is 10.2. The molecule has 2 rings (SSSR count). The van der Waals surface area contributed by atoms with Gasteiger partial charge in [0.2, 0.25) is 0 Å². The van der Waals surface area contributed by atoms with Gasteiger partial charge in [-0.15, -0.1) is 0 Å². The molecule has 0 unspecified atom stereocenters. The summed E-state index contributed by atoms with van der Waals surface area (Å²) in [6.45, 7) is 2.07. The molecular formula is C9H7NS3. The molecule has 2 heterocycles. The van der Waals surface area contributed by atoms with E-state index in [2.05, 4.69) is 18.0 Å². The second-order valence-corrected chi connectivity index (χ2v) is 5.47. The smallest absolute Gasteiger partial charge is 0.105 e. The Morgan fingerprint density at radius 1 is 1.38 bits per heavy atom. The first-order valence-corrected chi connectivity index (χ1v) is 6.35. The second kappa shape index (κ2) is 3.65. The summed E-state index contributed by atoms with van der Waals surface area (Å²) in [5, 5.41) is 0. The molecule has 4 heteroatoms. The first kappa shape index (κ1) is 8.99. The molecule has 2 aromatic rings. The average molecular weight is 225 g/mol. The van der Waals surface area contributed by atoms with Gasteiger partial charge in [0, 0.05) is 18.0 Å². The van der Waals surface area contributed by atoms with Crippen LogP contribution >= 0.6 is 32.9 Å². The van der Waals surface area contributed by atoms with Crippen molar-refractivity contribution in [1.29, 1.82) is 0 Å². The number of hydrogen-bond acceptors (Lipinski definition) is 4. The summed E-state index contributed by atoms with van der Waals surface area (Å²) in [5.41, 5.74) is 2.37. The Morgan fingerprint density at radius 2 is 2.23 bits per heavy atom. The molecule has 0 aliphatic heterocycles. The molecule has 0 spiro atoms. The SMILES string of the molecule is Cc1c(-c2cccnc2)ssc1=S. The molecule has 0 amide bonds. The van der Waals surface area contributed by atoms with Gasteiger partial charge in [-0.2, -0.15) is 0 Å². The van der Waals surface area contributed by atoms with Gasteiger partial charge in [0.15, 0.2) is 0 Å². The minimum absolute atomic E-state index is 0.990. The van der Waals surface area contributed by atoms with Gasteiger partial charge in [0.1, 0.15) is 3.82 Å². The summed E-state index contributed by atoms with van der Waals surface area (Å²) in [4.78, 5) is 5.34. The molecule has 0 radical (unpaired) electrons. The van der Waals surface area contributed by atoms with Gasteiger partial charge in [-0.05, 0) is 18.6 Å². The first-order valence-electron chi connectivity index (χ1n) is 3.79. The summed E-state index contributed by atoms with van der Waals surface area (Å²) in [6, 6.07) is 4.01. The van der Waals surface area contributed by atoms with Crippen molar-refractivity contribution in [3.05, 3.63) is 33.9 Å². The van der Waals surface area contributed by atoms with Crippen LogP contribution in [0.15, 0.2) is 24.5 Å². The highest BCUT2D eigenvalue weighted by atomic mass is 32.9. The Morgan fingerprint density at radius 3 is 2.77 bits per heavy atom. The monoisotopic (exact) mass is 225 g/mol. The van der Waals surface area contributed by atoms with Gasteiger partial charge < -0.3 is 0 Å². The summed E-state index contributed by atoms with van der Waals surface area (Å²) in [6.07, 6.45) is 3.66. The van der Waals surface area contributed by atoms with Gasteiger partial charge in [0.25, 0.3) is 0 Å². The van der Waals surface area contributed by atoms with E-state index in [1.807, 2.05) is 12.3 Å². The molecule has 0 saturated heterocycles. The van der Waals surface area contributed by atoms with Crippen LogP contribution in [0.4, 0.5) is 0 Å². The van der Waals surface area contributed by atoms with E-state index in [-0.39, 0.29) is 0 Å². The zero-order chi connectivity index (χ0) is 9.26. The molecule has 13 heavy (non-hydrogen) atoms. The first-order chi connectivity index (χ1) is 6.29. The van der Waals surface area contributed by atoms with Gasteiger partial charge >= 0.3 is 0 Å². The van der Waals surface area contributed by atoms with Crippen LogP contribution in [0.2, 0.25) is 0 Å². The number of hydrogen-bond donors (Lipinski definition) is 0. The van der Waals surface area contributed by atoms with Crippen molar-refractivity contribution in [2.45, 2.75) is 6.92 Å². The molecule has 0 N–H and O–H groups in total. The van der Waals surface area contributed by atoms with E-state index < -0.39 is 0 Å². The maximum Gasteiger partial charge on any atom is 0.105 e. The Bertz CT molecular complexity index is 455. The zero-order valence-corrected chi connectivity index (χ0v) is 9.43. The predicted molar refractivity (Wildman–Crippen MR) is 61.0 cm³/mol. The summed E-state index contributed by atoms with van der Waals surface area (Å²) < 4.78 is 0.990. The highest BCUT2D eigenvalue weighted by molar-refractivity contribution is 7.80. The number of aromatic nitrogens is 1. The van der Waals surface area contributed by atoms with Crippen molar-refractivity contribution in [2.24, 2.45) is 0 Å². The quantitative estimate of drug-likeness (QED) is 0.539. The van der Waals surface area contributed by atoms with Crippen molar-refractivity contribution in [3.8, 4) is 10.4 Å². The average Bonchev–Trinajstić information content (AvgIpc) is 2.49. The number of nitrogens with zero attached hydrogens (tertiary/aromatic N) is 1. The van der Waals surface area contributed by atoms with Crippen LogP contribution in [0.25, 0.3) is 10.4 Å². The molecule has 0 aromatic carbocycles. The Balaban J connectivity index is 2.60. The maximum atomic E-state index is 5.18. The summed E-state index contributed by atoms with van der Waals surface area (Å²) >= 11 is 5.18. The lowest BCUT2D eigenvalue weighted by Gasteiger charge is -1.95. The highest BCUT2D eigenvalue weighted by Crippen LogP contribution is 2.33. The highest BCUT2D eigenvalue weighted by Gasteiger charge is 2.05. The summed E-state index contributed by atoms with van der Waals surface area (Å²) in [5.74, 6) is 0. The lowest BCUT2D eigenvalue weighted by Crippen LogP contribution is -1.77. The van der Waals surface area contributed by atoms with Crippen LogP contribution < -0.4 is 0 Å². The third-order valence-corrected chi connectivity index (χ3v) is 5.14. The van der Waals surface area contributed by atoms with E-state index in [0.717, 1.165) is 9.39 Å². The third-order valence-electron chi connectivity index (χ3n) is 1.77. The summed E-state index contributed by atoms with van der Waals surface area (Å²) in [7, 11) is 3.38. The van der Waals surface area contributed by atoms with Crippen LogP contribution in [0.1, 0.15) is 5.56 Å². The molecule has 0 bridgehead atoms. The van der Waals surface area contributed by atoms with E-state index in [4.69, 9.17) is 12.2 Å². The fourth-order valence-corrected chi connectivity index (χ4v) is 3.94. The Labute approximate surface area is 89.1 Å². The van der Waals surface area contributed by atoms with Gasteiger partial charge in [0.05, 0.1) is 4.88 Å². The molecule has 0 atom stereocenters. The fourth-order valence-electron chi connectivity index (χ4n) is 1.06. The maximum absolute atomic E-state index is 5.18. The topological polar surface area (TPSA) is 12.9 Å². The standard InChI is InChI=1S/C9H7NS3/c1-6-8(12-13-9(6)11)7-3-2-4-10-5-7/h2-5H,1H3. The van der Waals surface area contributed by atoms with Crippen LogP contribution in [0.5, 0.6) is 0 Å². The lowest BCUT2D eigenvalue weighted by molar-refractivity contribution is 1.33. The van der Waals surface area contributed by atoms with Gasteiger partial charge in [-0.3, -0.25) is 4.98 Å². The molecule has 0 fully saturated rings. The minimum atomic E-state index is 0.990. The van der Waals surface area contributed by atoms with Gasteiger partial charge in [-0.1, -0.05) is 39.0 Å². The van der Waals surface area contributed by atoms with Crippen LogP contribution in [-0.4, -0.2) is 4.98 Å². The molecule has 2 aromatic heterocycles. The van der Waals surface area contributed by atoms with Crippen molar-refractivity contribution in [2.75, 3.05) is 0 Å². The second-order valence-electron chi connectivity index (χ2n) is 2.65. The molecule has 66 valence electrons. The van der Waals surface area contributed by atoms with E-state index in [1.165, 1.54) is 10.4 Å². The molecule has 0 saturated carbocycles. The Hall–Kier alpha value is -0.580. The number of rotatable bonds is 1. The van der Waals surface area contributed by atoms with E-state index in [9.17, 15) is 0 Å². The normalized spacial score (nSPS) is 10.2. The number of pyridine rings is 1.